The highest BCUT2D eigenvalue weighted by molar-refractivity contribution is 5.90. The predicted molar refractivity (Wildman–Crippen MR) is 80.7 cm³/mol. The second-order valence-corrected chi connectivity index (χ2v) is 4.93. The van der Waals surface area contributed by atoms with Crippen LogP contribution < -0.4 is 0 Å². The number of hydrogen-bond acceptors (Lipinski definition) is 2. The lowest BCUT2D eigenvalue weighted by atomic mass is 10.0. The Morgan fingerprint density at radius 3 is 2.90 bits per heavy atom. The molecular formula is C17H13N3. The van der Waals surface area contributed by atoms with Gasteiger partial charge < -0.3 is 0 Å². The van der Waals surface area contributed by atoms with Crippen molar-refractivity contribution in [1.82, 2.24) is 14.6 Å². The standard InChI is InChI=1S/C17H13N3/c1-12-17(16-4-2-3-9-20(16)19-12)14-5-6-15-11-18-8-7-13(15)10-14/h2-11H,1H3. The highest BCUT2D eigenvalue weighted by Crippen LogP contribution is 2.30. The second-order valence-electron chi connectivity index (χ2n) is 4.93. The molecule has 4 aromatic rings. The Labute approximate surface area is 116 Å². The molecule has 3 aromatic heterocycles. The molecule has 0 saturated heterocycles. The lowest BCUT2D eigenvalue weighted by Crippen LogP contribution is -1.84. The van der Waals surface area contributed by atoms with Gasteiger partial charge in [0, 0.05) is 29.5 Å². The molecule has 3 heteroatoms. The van der Waals surface area contributed by atoms with E-state index in [1.54, 1.807) is 0 Å². The van der Waals surface area contributed by atoms with E-state index in [-0.39, 0.29) is 0 Å². The molecule has 3 heterocycles. The zero-order chi connectivity index (χ0) is 13.5. The summed E-state index contributed by atoms with van der Waals surface area (Å²) in [4.78, 5) is 4.16. The number of pyridine rings is 2. The topological polar surface area (TPSA) is 30.2 Å². The molecule has 0 aliphatic carbocycles. The predicted octanol–water partition coefficient (Wildman–Crippen LogP) is 3.86. The minimum absolute atomic E-state index is 1.05. The first-order chi connectivity index (χ1) is 9.83. The van der Waals surface area contributed by atoms with Gasteiger partial charge in [-0.1, -0.05) is 18.2 Å². The molecule has 0 aliphatic rings. The quantitative estimate of drug-likeness (QED) is 0.519. The van der Waals surface area contributed by atoms with Gasteiger partial charge in [0.1, 0.15) is 0 Å². The molecule has 96 valence electrons. The first kappa shape index (κ1) is 11.2. The van der Waals surface area contributed by atoms with Crippen LogP contribution in [0.2, 0.25) is 0 Å². The summed E-state index contributed by atoms with van der Waals surface area (Å²) < 4.78 is 1.93. The molecule has 0 spiro atoms. The highest BCUT2D eigenvalue weighted by atomic mass is 15.2. The van der Waals surface area contributed by atoms with E-state index in [0.717, 1.165) is 16.6 Å². The van der Waals surface area contributed by atoms with Crippen LogP contribution in [0, 0.1) is 6.92 Å². The summed E-state index contributed by atoms with van der Waals surface area (Å²) in [6.45, 7) is 2.05. The Morgan fingerprint density at radius 1 is 1.00 bits per heavy atom. The molecule has 0 aliphatic heterocycles. The maximum Gasteiger partial charge on any atom is 0.0742 e. The average molecular weight is 259 g/mol. The van der Waals surface area contributed by atoms with Crippen molar-refractivity contribution in [1.29, 1.82) is 0 Å². The number of aryl methyl sites for hydroxylation is 1. The first-order valence-electron chi connectivity index (χ1n) is 6.61. The molecule has 20 heavy (non-hydrogen) atoms. The van der Waals surface area contributed by atoms with Crippen LogP contribution in [0.1, 0.15) is 5.69 Å². The van der Waals surface area contributed by atoms with Crippen molar-refractivity contribution in [3.05, 3.63) is 66.7 Å². The van der Waals surface area contributed by atoms with Crippen molar-refractivity contribution >= 4 is 16.3 Å². The van der Waals surface area contributed by atoms with Crippen molar-refractivity contribution in [2.75, 3.05) is 0 Å². The van der Waals surface area contributed by atoms with Crippen molar-refractivity contribution in [3.63, 3.8) is 0 Å². The van der Waals surface area contributed by atoms with Gasteiger partial charge in [-0.3, -0.25) is 4.98 Å². The van der Waals surface area contributed by atoms with Crippen LogP contribution in [-0.2, 0) is 0 Å². The minimum atomic E-state index is 1.05. The van der Waals surface area contributed by atoms with Gasteiger partial charge in [0.05, 0.1) is 11.2 Å². The van der Waals surface area contributed by atoms with Gasteiger partial charge in [-0.15, -0.1) is 0 Å². The molecule has 0 amide bonds. The summed E-state index contributed by atoms with van der Waals surface area (Å²) in [6.07, 6.45) is 5.70. The third kappa shape index (κ3) is 1.60. The van der Waals surface area contributed by atoms with Crippen molar-refractivity contribution in [2.45, 2.75) is 6.92 Å². The second kappa shape index (κ2) is 4.17. The van der Waals surface area contributed by atoms with E-state index < -0.39 is 0 Å². The van der Waals surface area contributed by atoms with Gasteiger partial charge in [0.25, 0.3) is 0 Å². The first-order valence-corrected chi connectivity index (χ1v) is 6.61. The molecule has 0 fully saturated rings. The fourth-order valence-corrected chi connectivity index (χ4v) is 2.71. The van der Waals surface area contributed by atoms with E-state index >= 15 is 0 Å². The fraction of sp³-hybridized carbons (Fsp3) is 0.0588. The minimum Gasteiger partial charge on any atom is -0.264 e. The summed E-state index contributed by atoms with van der Waals surface area (Å²) in [5.74, 6) is 0. The monoisotopic (exact) mass is 259 g/mol. The van der Waals surface area contributed by atoms with Gasteiger partial charge in [0.2, 0.25) is 0 Å². The van der Waals surface area contributed by atoms with Gasteiger partial charge >= 0.3 is 0 Å². The Morgan fingerprint density at radius 2 is 1.95 bits per heavy atom. The van der Waals surface area contributed by atoms with Crippen LogP contribution >= 0.6 is 0 Å². The van der Waals surface area contributed by atoms with Crippen LogP contribution in [0.4, 0.5) is 0 Å². The summed E-state index contributed by atoms with van der Waals surface area (Å²) in [7, 11) is 0. The summed E-state index contributed by atoms with van der Waals surface area (Å²) in [5, 5.41) is 6.93. The van der Waals surface area contributed by atoms with E-state index in [1.807, 2.05) is 41.3 Å². The maximum atomic E-state index is 4.57. The molecule has 0 unspecified atom stereocenters. The largest absolute Gasteiger partial charge is 0.264 e. The van der Waals surface area contributed by atoms with Crippen LogP contribution in [0.5, 0.6) is 0 Å². The molecular weight excluding hydrogens is 246 g/mol. The van der Waals surface area contributed by atoms with Gasteiger partial charge in [0.15, 0.2) is 0 Å². The van der Waals surface area contributed by atoms with Crippen molar-refractivity contribution < 1.29 is 0 Å². The van der Waals surface area contributed by atoms with Crippen LogP contribution in [0.25, 0.3) is 27.4 Å². The Hall–Kier alpha value is -2.68. The van der Waals surface area contributed by atoms with E-state index in [9.17, 15) is 0 Å². The number of hydrogen-bond donors (Lipinski definition) is 0. The average Bonchev–Trinajstić information content (AvgIpc) is 2.82. The number of aromatic nitrogens is 3. The Balaban J connectivity index is 2.03. The third-order valence-corrected chi connectivity index (χ3v) is 3.64. The Bertz CT molecular complexity index is 922. The number of fused-ring (bicyclic) bond motifs is 2. The molecule has 0 radical (unpaired) electrons. The summed E-state index contributed by atoms with van der Waals surface area (Å²) >= 11 is 0. The Kier molecular flexibility index (Phi) is 2.33. The highest BCUT2D eigenvalue weighted by Gasteiger charge is 2.11. The molecule has 0 N–H and O–H groups in total. The van der Waals surface area contributed by atoms with Gasteiger partial charge in [-0.2, -0.15) is 5.10 Å². The fourth-order valence-electron chi connectivity index (χ4n) is 2.71. The van der Waals surface area contributed by atoms with Crippen LogP contribution in [-0.4, -0.2) is 14.6 Å². The van der Waals surface area contributed by atoms with Gasteiger partial charge in [-0.05, 0) is 42.1 Å². The van der Waals surface area contributed by atoms with Crippen LogP contribution in [0.15, 0.2) is 61.1 Å². The normalized spacial score (nSPS) is 11.2. The van der Waals surface area contributed by atoms with Crippen molar-refractivity contribution in [2.24, 2.45) is 0 Å². The SMILES string of the molecule is Cc1nn2ccccc2c1-c1ccc2cnccc2c1. The smallest absolute Gasteiger partial charge is 0.0742 e. The summed E-state index contributed by atoms with van der Waals surface area (Å²) in [5.41, 5.74) is 4.58. The lowest BCUT2D eigenvalue weighted by molar-refractivity contribution is 0.934. The molecule has 0 bridgehead atoms. The van der Waals surface area contributed by atoms with E-state index in [4.69, 9.17) is 0 Å². The molecule has 4 rings (SSSR count). The zero-order valence-electron chi connectivity index (χ0n) is 11.1. The number of benzene rings is 1. The number of rotatable bonds is 1. The molecule has 0 saturated carbocycles. The van der Waals surface area contributed by atoms with E-state index in [0.29, 0.717) is 0 Å². The van der Waals surface area contributed by atoms with E-state index in [2.05, 4.69) is 41.3 Å². The number of nitrogens with zero attached hydrogens (tertiary/aromatic N) is 3. The van der Waals surface area contributed by atoms with Crippen molar-refractivity contribution in [3.8, 4) is 11.1 Å². The molecule has 0 atom stereocenters. The van der Waals surface area contributed by atoms with Gasteiger partial charge in [-0.25, -0.2) is 4.52 Å². The molecule has 3 nitrogen and oxygen atoms in total. The zero-order valence-corrected chi connectivity index (χ0v) is 11.1. The van der Waals surface area contributed by atoms with E-state index in [1.165, 1.54) is 16.5 Å². The maximum absolute atomic E-state index is 4.57. The lowest BCUT2D eigenvalue weighted by Gasteiger charge is -2.03. The molecule has 1 aromatic carbocycles. The summed E-state index contributed by atoms with van der Waals surface area (Å²) in [6, 6.07) is 14.6. The third-order valence-electron chi connectivity index (χ3n) is 3.64. The van der Waals surface area contributed by atoms with Crippen LogP contribution in [0.3, 0.4) is 0 Å².